The van der Waals surface area contributed by atoms with Crippen molar-refractivity contribution in [2.24, 2.45) is 7.05 Å². The third kappa shape index (κ3) is 3.23. The number of aromatic nitrogens is 3. The van der Waals surface area contributed by atoms with Crippen LogP contribution in [0.1, 0.15) is 33.6 Å². The molecular weight excluding hydrogens is 300 g/mol. The molecule has 3 aromatic heterocycles. The van der Waals surface area contributed by atoms with E-state index >= 15 is 0 Å². The molecule has 0 amide bonds. The highest BCUT2D eigenvalue weighted by Crippen LogP contribution is 2.25. The standard InChI is InChI=1S/C15H18N4S2/c1-3-11-9-17-13(21-11)10-18-14(12-5-4-8-20-12)15-16-6-7-19(15)2/h4-9,14,18H,3,10H2,1-2H3. The molecule has 0 fully saturated rings. The van der Waals surface area contributed by atoms with E-state index in [0.29, 0.717) is 0 Å². The number of thiophene rings is 1. The zero-order valence-corrected chi connectivity index (χ0v) is 13.7. The number of thiazole rings is 1. The topological polar surface area (TPSA) is 42.7 Å². The Morgan fingerprint density at radius 2 is 2.29 bits per heavy atom. The van der Waals surface area contributed by atoms with Gasteiger partial charge in [0.05, 0.1) is 0 Å². The molecule has 0 bridgehead atoms. The summed E-state index contributed by atoms with van der Waals surface area (Å²) in [5.41, 5.74) is 0. The van der Waals surface area contributed by atoms with Crippen molar-refractivity contribution in [3.05, 3.63) is 56.7 Å². The number of rotatable bonds is 6. The summed E-state index contributed by atoms with van der Waals surface area (Å²) in [4.78, 5) is 11.6. The highest BCUT2D eigenvalue weighted by Gasteiger charge is 2.19. The summed E-state index contributed by atoms with van der Waals surface area (Å²) >= 11 is 3.53. The largest absolute Gasteiger partial charge is 0.336 e. The summed E-state index contributed by atoms with van der Waals surface area (Å²) in [7, 11) is 2.03. The average Bonchev–Trinajstić information content (AvgIpc) is 3.22. The summed E-state index contributed by atoms with van der Waals surface area (Å²) in [6.07, 6.45) is 6.85. The maximum Gasteiger partial charge on any atom is 0.131 e. The lowest BCUT2D eigenvalue weighted by Gasteiger charge is -2.16. The zero-order valence-electron chi connectivity index (χ0n) is 12.1. The minimum atomic E-state index is 0.110. The van der Waals surface area contributed by atoms with Crippen molar-refractivity contribution in [3.63, 3.8) is 0 Å². The molecule has 6 heteroatoms. The molecule has 1 N–H and O–H groups in total. The van der Waals surface area contributed by atoms with Crippen LogP contribution in [-0.2, 0) is 20.0 Å². The molecule has 4 nitrogen and oxygen atoms in total. The number of aryl methyl sites for hydroxylation is 2. The predicted octanol–water partition coefficient (Wildman–Crippen LogP) is 3.38. The van der Waals surface area contributed by atoms with Crippen molar-refractivity contribution in [2.75, 3.05) is 0 Å². The summed E-state index contributed by atoms with van der Waals surface area (Å²) in [5.74, 6) is 1.03. The van der Waals surface area contributed by atoms with Gasteiger partial charge in [-0.2, -0.15) is 0 Å². The Kier molecular flexibility index (Phi) is 4.48. The minimum absolute atomic E-state index is 0.110. The van der Waals surface area contributed by atoms with Crippen LogP contribution in [0.5, 0.6) is 0 Å². The Hall–Kier alpha value is -1.50. The van der Waals surface area contributed by atoms with Gasteiger partial charge in [0.25, 0.3) is 0 Å². The molecule has 0 aliphatic heterocycles. The van der Waals surface area contributed by atoms with Gasteiger partial charge < -0.3 is 4.57 Å². The van der Waals surface area contributed by atoms with Crippen LogP contribution in [0.3, 0.4) is 0 Å². The molecule has 1 atom stereocenters. The quantitative estimate of drug-likeness (QED) is 0.757. The van der Waals surface area contributed by atoms with E-state index in [1.54, 1.807) is 22.7 Å². The molecule has 0 aromatic carbocycles. The maximum absolute atomic E-state index is 4.50. The molecule has 3 aromatic rings. The molecule has 0 aliphatic carbocycles. The van der Waals surface area contributed by atoms with Crippen LogP contribution < -0.4 is 5.32 Å². The highest BCUT2D eigenvalue weighted by molar-refractivity contribution is 7.11. The van der Waals surface area contributed by atoms with E-state index < -0.39 is 0 Å². The Labute approximate surface area is 132 Å². The van der Waals surface area contributed by atoms with E-state index in [9.17, 15) is 0 Å². The molecule has 3 heterocycles. The number of imidazole rings is 1. The summed E-state index contributed by atoms with van der Waals surface area (Å²) < 4.78 is 2.07. The van der Waals surface area contributed by atoms with E-state index in [1.165, 1.54) is 9.75 Å². The zero-order chi connectivity index (χ0) is 14.7. The van der Waals surface area contributed by atoms with Gasteiger partial charge in [0.15, 0.2) is 0 Å². The first-order valence-corrected chi connectivity index (χ1v) is 8.65. The van der Waals surface area contributed by atoms with Gasteiger partial charge in [-0.3, -0.25) is 5.32 Å². The van der Waals surface area contributed by atoms with Crippen molar-refractivity contribution in [1.82, 2.24) is 19.9 Å². The van der Waals surface area contributed by atoms with Gasteiger partial charge >= 0.3 is 0 Å². The van der Waals surface area contributed by atoms with Crippen LogP contribution in [-0.4, -0.2) is 14.5 Å². The van der Waals surface area contributed by atoms with E-state index in [0.717, 1.165) is 23.8 Å². The second kappa shape index (κ2) is 6.51. The maximum atomic E-state index is 4.50. The Balaban J connectivity index is 1.78. The fourth-order valence-electron chi connectivity index (χ4n) is 2.21. The van der Waals surface area contributed by atoms with E-state index in [-0.39, 0.29) is 6.04 Å². The molecular formula is C15H18N4S2. The van der Waals surface area contributed by atoms with Crippen LogP contribution >= 0.6 is 22.7 Å². The summed E-state index contributed by atoms with van der Waals surface area (Å²) in [6, 6.07) is 4.34. The first-order chi connectivity index (χ1) is 10.3. The Morgan fingerprint density at radius 1 is 1.38 bits per heavy atom. The first-order valence-electron chi connectivity index (χ1n) is 6.95. The van der Waals surface area contributed by atoms with Gasteiger partial charge in [-0.15, -0.1) is 22.7 Å². The fraction of sp³-hybridized carbons (Fsp3) is 0.333. The molecule has 3 rings (SSSR count). The molecule has 0 saturated heterocycles. The van der Waals surface area contributed by atoms with Gasteiger partial charge in [-0.25, -0.2) is 9.97 Å². The highest BCUT2D eigenvalue weighted by atomic mass is 32.1. The first kappa shape index (κ1) is 14.4. The van der Waals surface area contributed by atoms with Gasteiger partial charge in [0, 0.05) is 41.9 Å². The van der Waals surface area contributed by atoms with E-state index in [1.807, 2.05) is 25.6 Å². The second-order valence-electron chi connectivity index (χ2n) is 4.80. The monoisotopic (exact) mass is 318 g/mol. The van der Waals surface area contributed by atoms with Gasteiger partial charge in [-0.05, 0) is 17.9 Å². The molecule has 1 unspecified atom stereocenters. The van der Waals surface area contributed by atoms with Crippen molar-refractivity contribution >= 4 is 22.7 Å². The van der Waals surface area contributed by atoms with Gasteiger partial charge in [0.1, 0.15) is 16.9 Å². The average molecular weight is 318 g/mol. The van der Waals surface area contributed by atoms with Crippen LogP contribution in [0.2, 0.25) is 0 Å². The van der Waals surface area contributed by atoms with Crippen LogP contribution in [0.4, 0.5) is 0 Å². The molecule has 110 valence electrons. The van der Waals surface area contributed by atoms with E-state index in [4.69, 9.17) is 0 Å². The lowest BCUT2D eigenvalue weighted by Crippen LogP contribution is -2.24. The second-order valence-corrected chi connectivity index (χ2v) is 6.98. The van der Waals surface area contributed by atoms with Crippen molar-refractivity contribution in [3.8, 4) is 0 Å². The molecule has 0 saturated carbocycles. The summed E-state index contributed by atoms with van der Waals surface area (Å²) in [5, 5.41) is 6.82. The predicted molar refractivity (Wildman–Crippen MR) is 87.7 cm³/mol. The summed E-state index contributed by atoms with van der Waals surface area (Å²) in [6.45, 7) is 2.92. The van der Waals surface area contributed by atoms with Crippen molar-refractivity contribution < 1.29 is 0 Å². The van der Waals surface area contributed by atoms with Crippen molar-refractivity contribution in [2.45, 2.75) is 25.9 Å². The molecule has 0 aliphatic rings. The normalized spacial score (nSPS) is 12.7. The van der Waals surface area contributed by atoms with Crippen molar-refractivity contribution in [1.29, 1.82) is 0 Å². The third-order valence-electron chi connectivity index (χ3n) is 3.35. The molecule has 0 radical (unpaired) electrons. The molecule has 21 heavy (non-hydrogen) atoms. The Morgan fingerprint density at radius 3 is 2.90 bits per heavy atom. The smallest absolute Gasteiger partial charge is 0.131 e. The van der Waals surface area contributed by atoms with Crippen LogP contribution in [0, 0.1) is 0 Å². The molecule has 0 spiro atoms. The minimum Gasteiger partial charge on any atom is -0.336 e. The van der Waals surface area contributed by atoms with Crippen LogP contribution in [0.25, 0.3) is 0 Å². The number of hydrogen-bond acceptors (Lipinski definition) is 5. The Bertz CT molecular complexity index is 684. The van der Waals surface area contributed by atoms with Gasteiger partial charge in [-0.1, -0.05) is 13.0 Å². The van der Waals surface area contributed by atoms with E-state index in [2.05, 4.69) is 44.3 Å². The third-order valence-corrected chi connectivity index (χ3v) is 5.43. The number of nitrogens with one attached hydrogen (secondary N) is 1. The fourth-order valence-corrected chi connectivity index (χ4v) is 3.82. The SMILES string of the molecule is CCc1cnc(CNC(c2cccs2)c2nccn2C)s1. The lowest BCUT2D eigenvalue weighted by molar-refractivity contribution is 0.564. The van der Waals surface area contributed by atoms with Gasteiger partial charge in [0.2, 0.25) is 0 Å². The number of hydrogen-bond donors (Lipinski definition) is 1. The number of nitrogens with zero attached hydrogens (tertiary/aromatic N) is 3. The van der Waals surface area contributed by atoms with Crippen LogP contribution in [0.15, 0.2) is 36.1 Å². The lowest BCUT2D eigenvalue weighted by atomic mass is 10.2.